The first-order valence-corrected chi connectivity index (χ1v) is 42.0. The minimum atomic E-state index is -1.01. The molecule has 612 valence electrons. The van der Waals surface area contributed by atoms with Crippen LogP contribution in [-0.4, -0.2) is 150 Å². The number of esters is 2. The lowest BCUT2D eigenvalue weighted by Gasteiger charge is -2.25. The smallest absolute Gasteiger partial charge is 0.341 e. The lowest BCUT2D eigenvalue weighted by atomic mass is 10.0. The second kappa shape index (κ2) is 43.5. The number of fused-ring (bicyclic) bond motifs is 3. The fourth-order valence-corrected chi connectivity index (χ4v) is 16.5. The summed E-state index contributed by atoms with van der Waals surface area (Å²) in [4.78, 5) is 72.5. The van der Waals surface area contributed by atoms with E-state index in [1.165, 1.54) is 6.07 Å². The molecular weight excluding hydrogens is 1910 g/mol. The summed E-state index contributed by atoms with van der Waals surface area (Å²) >= 11 is 41.4. The highest BCUT2D eigenvalue weighted by molar-refractivity contribution is 9.11. The Morgan fingerprint density at radius 2 is 0.931 bits per heavy atom. The molecule has 0 spiro atoms. The number of rotatable bonds is 21. The maximum absolute atomic E-state index is 13.7. The number of carbonyl (C=O) groups is 5. The molecule has 3 aliphatic rings. The highest BCUT2D eigenvalue weighted by atomic mass is 79.9. The molecule has 3 saturated heterocycles. The number of ketones is 1. The summed E-state index contributed by atoms with van der Waals surface area (Å²) in [5.41, 5.74) is 7.71. The van der Waals surface area contributed by atoms with E-state index in [2.05, 4.69) is 111 Å². The van der Waals surface area contributed by atoms with E-state index in [0.717, 1.165) is 99.6 Å². The predicted molar refractivity (Wildman–Crippen MR) is 463 cm³/mol. The van der Waals surface area contributed by atoms with E-state index in [-0.39, 0.29) is 65.0 Å². The van der Waals surface area contributed by atoms with Gasteiger partial charge in [-0.05, 0) is 156 Å². The first-order valence-electron chi connectivity index (χ1n) is 36.6. The molecule has 0 saturated carbocycles. The molecule has 7 heterocycles. The monoisotopic (exact) mass is 1980 g/mol. The van der Waals surface area contributed by atoms with Crippen LogP contribution in [0.3, 0.4) is 0 Å². The SMILES string of the molecule is CCOC(=O)CC(=O)c1ccc(Br)cc1Cl.CCOC(=O)c1cnn(C2CCOCC2)c1-c1ccc(Br)cc1Cl.COc1ccc(CNC(=O)c2cnn(C3CCOCC3)c2-c2ccc(Br)cc2Cl)c(OC)c1.COc1ccc(Cn2c(=O)c3cnn(C4CCOCC4)c3c3ccc(Br)cc32)c(OC)c1.O=C(O)c1ccc(Br)cc1Cl. The number of hydrogen-bond donors (Lipinski definition) is 2. The number of carbonyl (C=O) groups excluding carboxylic acids is 4. The maximum atomic E-state index is 13.7. The Morgan fingerprint density at radius 1 is 0.491 bits per heavy atom. The Kier molecular flexibility index (Phi) is 33.8. The second-order valence-electron chi connectivity index (χ2n) is 26.1. The Labute approximate surface area is 731 Å². The van der Waals surface area contributed by atoms with Crippen molar-refractivity contribution in [1.29, 1.82) is 0 Å². The molecule has 116 heavy (non-hydrogen) atoms. The summed E-state index contributed by atoms with van der Waals surface area (Å²) in [6.07, 6.45) is 9.74. The van der Waals surface area contributed by atoms with Gasteiger partial charge in [0.2, 0.25) is 0 Å². The van der Waals surface area contributed by atoms with E-state index in [0.29, 0.717) is 131 Å². The van der Waals surface area contributed by atoms with Gasteiger partial charge in [0.25, 0.3) is 11.5 Å². The zero-order valence-corrected chi connectivity index (χ0v) is 74.7. The third kappa shape index (κ3) is 23.0. The van der Waals surface area contributed by atoms with Crippen molar-refractivity contribution in [2.45, 2.75) is 90.0 Å². The molecular formula is C83H81Br5Cl4N8O16. The molecule has 24 nitrogen and oxygen atoms in total. The molecule has 0 atom stereocenters. The van der Waals surface area contributed by atoms with Gasteiger partial charge in [0.1, 0.15) is 35.0 Å². The number of ether oxygens (including phenoxy) is 9. The molecule has 14 rings (SSSR count). The van der Waals surface area contributed by atoms with Crippen molar-refractivity contribution in [1.82, 2.24) is 39.2 Å². The van der Waals surface area contributed by atoms with Crippen molar-refractivity contribution < 1.29 is 71.7 Å². The van der Waals surface area contributed by atoms with Crippen LogP contribution in [0, 0.1) is 0 Å². The highest BCUT2D eigenvalue weighted by Crippen LogP contribution is 2.40. The number of carboxylic acid groups (broad SMARTS) is 1. The lowest BCUT2D eigenvalue weighted by molar-refractivity contribution is -0.142. The highest BCUT2D eigenvalue weighted by Gasteiger charge is 2.30. The Morgan fingerprint density at radius 3 is 1.41 bits per heavy atom. The zero-order valence-electron chi connectivity index (χ0n) is 63.7. The molecule has 0 bridgehead atoms. The molecule has 2 N–H and O–H groups in total. The molecule has 1 amide bonds. The number of nitrogens with zero attached hydrogens (tertiary/aromatic N) is 7. The number of Topliss-reactive ketones (excluding diaryl/α,β-unsaturated/α-hetero) is 1. The van der Waals surface area contributed by atoms with Crippen LogP contribution in [-0.2, 0) is 41.6 Å². The Hall–Kier alpha value is -8.17. The molecule has 3 aliphatic heterocycles. The maximum Gasteiger partial charge on any atom is 0.341 e. The summed E-state index contributed by atoms with van der Waals surface area (Å²) < 4.78 is 59.8. The Bertz CT molecular complexity index is 5400. The number of hydrogen-bond acceptors (Lipinski definition) is 18. The molecule has 0 radical (unpaired) electrons. The normalized spacial score (nSPS) is 13.6. The van der Waals surface area contributed by atoms with Gasteiger partial charge < -0.3 is 57.6 Å². The molecule has 3 fully saturated rings. The number of pyridine rings is 1. The van der Waals surface area contributed by atoms with Crippen molar-refractivity contribution in [2.75, 3.05) is 81.3 Å². The Balaban J connectivity index is 0.000000160. The molecule has 7 aromatic carbocycles. The number of nitrogens with one attached hydrogen (secondary N) is 1. The number of aromatic carboxylic acids is 1. The van der Waals surface area contributed by atoms with E-state index in [9.17, 15) is 28.8 Å². The topological polar surface area (TPSA) is 276 Å². The average molecular weight is 1990 g/mol. The fraction of sp³-hybridized carbons (Fsp3) is 0.313. The standard InChI is InChI=1S/C24H25BrClN3O4.C24H24BrN3O4.C17H18BrClN2O3.C11H10BrClO3.C7H4BrClO2/c1-31-18-5-3-15(22(12-18)32-2)13-27-24(30)20-14-28-29(17-7-9-33-10-8-17)23(20)19-6-4-16(25)11-21(19)26;1-30-18-5-3-15(22(12-18)31-2)14-27-21-11-16(25)4-6-19(21)23-20(24(27)29)13-26-28(23)17-7-9-32-10-8-17;1-2-24-17(22)14-10-20-21(12-5-7-23-8-6-12)16(14)13-4-3-11(18)9-15(13)19;1-2-16-11(15)6-10(14)8-4-3-7(12)5-9(8)13;8-4-1-2-5(7(10)11)6(9)3-4/h3-6,11-12,14,17H,7-10,13H2,1-2H3,(H,27,30);3-6,11-13,17H,7-10,14H2,1-2H3;3-4,9-10,12H,2,5-8H2,1H3;3-5H,2,6H2,1H3;1-3H,(H,10,11). The summed E-state index contributed by atoms with van der Waals surface area (Å²) in [5.74, 6) is 0.210. The number of methoxy groups -OCH3 is 4. The first-order chi connectivity index (χ1) is 55.9. The van der Waals surface area contributed by atoms with Crippen molar-refractivity contribution >= 4 is 177 Å². The van der Waals surface area contributed by atoms with Crippen LogP contribution in [0.15, 0.2) is 173 Å². The van der Waals surface area contributed by atoms with Gasteiger partial charge in [-0.1, -0.05) is 138 Å². The van der Waals surface area contributed by atoms with E-state index in [1.807, 2.05) is 92.9 Å². The van der Waals surface area contributed by atoms with Gasteiger partial charge in [-0.15, -0.1) is 0 Å². The van der Waals surface area contributed by atoms with E-state index < -0.39 is 11.9 Å². The van der Waals surface area contributed by atoms with Crippen molar-refractivity contribution in [3.8, 4) is 45.5 Å². The first kappa shape index (κ1) is 90.2. The van der Waals surface area contributed by atoms with E-state index in [1.54, 1.807) is 102 Å². The fourth-order valence-electron chi connectivity index (χ4n) is 13.1. The second-order valence-corrected chi connectivity index (χ2v) is 32.3. The van der Waals surface area contributed by atoms with Crippen LogP contribution in [0.5, 0.6) is 23.0 Å². The van der Waals surface area contributed by atoms with Gasteiger partial charge in [-0.2, -0.15) is 15.3 Å². The van der Waals surface area contributed by atoms with E-state index in [4.69, 9.17) is 89.4 Å². The zero-order chi connectivity index (χ0) is 83.3. The van der Waals surface area contributed by atoms with Crippen molar-refractivity contribution in [3.05, 3.63) is 232 Å². The van der Waals surface area contributed by atoms with Gasteiger partial charge in [0, 0.05) is 114 Å². The quantitative estimate of drug-likeness (QED) is 0.0384. The van der Waals surface area contributed by atoms with Gasteiger partial charge in [-0.25, -0.2) is 9.59 Å². The molecule has 0 unspecified atom stereocenters. The largest absolute Gasteiger partial charge is 0.497 e. The minimum absolute atomic E-state index is 0.0678. The molecule has 33 heteroatoms. The minimum Gasteiger partial charge on any atom is -0.497 e. The third-order valence-corrected chi connectivity index (χ3v) is 22.6. The van der Waals surface area contributed by atoms with Crippen LogP contribution in [0.4, 0.5) is 0 Å². The van der Waals surface area contributed by atoms with Gasteiger partial charge in [0.15, 0.2) is 5.78 Å². The summed E-state index contributed by atoms with van der Waals surface area (Å²) in [7, 11) is 6.43. The van der Waals surface area contributed by atoms with Crippen LogP contribution < -0.4 is 29.8 Å². The van der Waals surface area contributed by atoms with Crippen molar-refractivity contribution in [2.24, 2.45) is 0 Å². The molecule has 11 aromatic rings. The number of carboxylic acids is 1. The van der Waals surface area contributed by atoms with Crippen LogP contribution in [0.1, 0.15) is 129 Å². The lowest BCUT2D eigenvalue weighted by Crippen LogP contribution is -2.25. The molecule has 4 aromatic heterocycles. The van der Waals surface area contributed by atoms with Crippen LogP contribution in [0.25, 0.3) is 44.3 Å². The van der Waals surface area contributed by atoms with Gasteiger partial charge >= 0.3 is 17.9 Å². The third-order valence-electron chi connectivity index (χ3n) is 18.8. The summed E-state index contributed by atoms with van der Waals surface area (Å²) in [6, 6.07) is 38.5. The van der Waals surface area contributed by atoms with Gasteiger partial charge in [0.05, 0.1) is 144 Å². The number of benzene rings is 7. The number of amides is 1. The molecule has 0 aliphatic carbocycles. The predicted octanol–water partition coefficient (Wildman–Crippen LogP) is 20.3. The summed E-state index contributed by atoms with van der Waals surface area (Å²) in [5, 5.41) is 28.6. The van der Waals surface area contributed by atoms with Crippen molar-refractivity contribution in [3.63, 3.8) is 0 Å². The van der Waals surface area contributed by atoms with Crippen LogP contribution in [0.2, 0.25) is 20.1 Å². The summed E-state index contributed by atoms with van der Waals surface area (Å²) in [6.45, 7) is 8.84. The average Bonchev–Trinajstić information content (AvgIpc) is 1.51. The van der Waals surface area contributed by atoms with E-state index >= 15 is 0 Å². The number of aromatic nitrogens is 7. The van der Waals surface area contributed by atoms with Gasteiger partial charge in [-0.3, -0.25) is 33.2 Å². The van der Waals surface area contributed by atoms with Crippen LogP contribution >= 0.6 is 126 Å². The number of halogens is 9.